The van der Waals surface area contributed by atoms with Gasteiger partial charge in [-0.3, -0.25) is 9.59 Å². The number of esters is 1. The fraction of sp³-hybridized carbons (Fsp3) is 0.333. The molecule has 5 heteroatoms. The van der Waals surface area contributed by atoms with Crippen LogP contribution in [0, 0.1) is 0 Å². The lowest BCUT2D eigenvalue weighted by Gasteiger charge is -2.08. The first kappa shape index (κ1) is 14.4. The lowest BCUT2D eigenvalue weighted by Crippen LogP contribution is -2.15. The van der Waals surface area contributed by atoms with Crippen molar-refractivity contribution in [1.82, 2.24) is 0 Å². The molecule has 17 heavy (non-hydrogen) atoms. The number of rotatable bonds is 4. The molecule has 0 spiro atoms. The number of carbonyl (C=O) groups excluding carboxylic acids is 2. The van der Waals surface area contributed by atoms with Crippen molar-refractivity contribution in [1.29, 1.82) is 0 Å². The Bertz CT molecular complexity index is 441. The normalized spacial score (nSPS) is 10.4. The topological polar surface area (TPSA) is 43.4 Å². The third kappa shape index (κ3) is 4.60. The van der Waals surface area contributed by atoms with Crippen LogP contribution in [0.25, 0.3) is 0 Å². The summed E-state index contributed by atoms with van der Waals surface area (Å²) in [6.07, 6.45) is -0.443. The molecule has 0 aliphatic rings. The first-order valence-corrected chi connectivity index (χ1v) is 6.66. The maximum Gasteiger partial charge on any atom is 0.313 e. The number of hydrogen-bond donors (Lipinski definition) is 0. The molecule has 1 aromatic carbocycles. The molecule has 0 aromatic heterocycles. The number of carbonyl (C=O) groups is 2. The van der Waals surface area contributed by atoms with Crippen LogP contribution in [0.1, 0.15) is 30.6 Å². The standard InChI is InChI=1S/C12H12Br2O3/c1-7(2)17-12(16)6-11(15)9-4-3-8(13)5-10(9)14/h3-5,7H,6H2,1-2H3. The van der Waals surface area contributed by atoms with Crippen LogP contribution in [-0.2, 0) is 9.53 Å². The Labute approximate surface area is 117 Å². The predicted molar refractivity (Wildman–Crippen MR) is 72.0 cm³/mol. The molecule has 3 nitrogen and oxygen atoms in total. The van der Waals surface area contributed by atoms with Gasteiger partial charge >= 0.3 is 5.97 Å². The zero-order valence-corrected chi connectivity index (χ0v) is 12.7. The SMILES string of the molecule is CC(C)OC(=O)CC(=O)c1ccc(Br)cc1Br. The molecule has 92 valence electrons. The molecule has 1 rings (SSSR count). The van der Waals surface area contributed by atoms with Gasteiger partial charge in [0.2, 0.25) is 0 Å². The Morgan fingerprint density at radius 2 is 1.94 bits per heavy atom. The zero-order valence-electron chi connectivity index (χ0n) is 9.50. The summed E-state index contributed by atoms with van der Waals surface area (Å²) in [5.74, 6) is -0.755. The van der Waals surface area contributed by atoms with Crippen molar-refractivity contribution in [2.75, 3.05) is 0 Å². The first-order chi connectivity index (χ1) is 7.90. The van der Waals surface area contributed by atoms with E-state index in [2.05, 4.69) is 31.9 Å². The van der Waals surface area contributed by atoms with Gasteiger partial charge in [-0.25, -0.2) is 0 Å². The van der Waals surface area contributed by atoms with Crippen LogP contribution in [0.2, 0.25) is 0 Å². The molecule has 1 aromatic rings. The summed E-state index contributed by atoms with van der Waals surface area (Å²) in [5, 5.41) is 0. The van der Waals surface area contributed by atoms with Crippen molar-refractivity contribution in [3.05, 3.63) is 32.7 Å². The summed E-state index contributed by atoms with van der Waals surface area (Å²) >= 11 is 6.58. The van der Waals surface area contributed by atoms with Crippen LogP contribution < -0.4 is 0 Å². The predicted octanol–water partition coefficient (Wildman–Crippen LogP) is 3.74. The lowest BCUT2D eigenvalue weighted by molar-refractivity contribution is -0.146. The highest BCUT2D eigenvalue weighted by molar-refractivity contribution is 9.11. The minimum absolute atomic E-state index is 0.205. The maximum absolute atomic E-state index is 11.8. The summed E-state index contributed by atoms with van der Waals surface area (Å²) in [6.45, 7) is 3.50. The Hall–Kier alpha value is -0.680. The molecule has 0 heterocycles. The smallest absolute Gasteiger partial charge is 0.313 e. The second-order valence-corrected chi connectivity index (χ2v) is 5.53. The van der Waals surface area contributed by atoms with E-state index in [1.807, 2.05) is 0 Å². The highest BCUT2D eigenvalue weighted by atomic mass is 79.9. The second kappa shape index (κ2) is 6.31. The van der Waals surface area contributed by atoms with Crippen molar-refractivity contribution < 1.29 is 14.3 Å². The van der Waals surface area contributed by atoms with Crippen LogP contribution in [0.15, 0.2) is 27.1 Å². The van der Waals surface area contributed by atoms with E-state index in [-0.39, 0.29) is 18.3 Å². The third-order valence-electron chi connectivity index (χ3n) is 1.90. The van der Waals surface area contributed by atoms with Gasteiger partial charge in [-0.1, -0.05) is 31.9 Å². The van der Waals surface area contributed by atoms with Crippen molar-refractivity contribution in [3.63, 3.8) is 0 Å². The summed E-state index contributed by atoms with van der Waals surface area (Å²) in [5.41, 5.74) is 0.480. The fourth-order valence-electron chi connectivity index (χ4n) is 1.25. The van der Waals surface area contributed by atoms with Crippen molar-refractivity contribution in [2.24, 2.45) is 0 Å². The van der Waals surface area contributed by atoms with Gasteiger partial charge in [-0.2, -0.15) is 0 Å². The average molecular weight is 364 g/mol. The van der Waals surface area contributed by atoms with Gasteiger partial charge in [0, 0.05) is 14.5 Å². The van der Waals surface area contributed by atoms with Crippen LogP contribution in [-0.4, -0.2) is 17.9 Å². The van der Waals surface area contributed by atoms with E-state index in [0.717, 1.165) is 4.47 Å². The van der Waals surface area contributed by atoms with E-state index in [9.17, 15) is 9.59 Å². The van der Waals surface area contributed by atoms with E-state index < -0.39 is 5.97 Å². The zero-order chi connectivity index (χ0) is 13.0. The highest BCUT2D eigenvalue weighted by Gasteiger charge is 2.16. The summed E-state index contributed by atoms with van der Waals surface area (Å²) in [4.78, 5) is 23.2. The molecule has 0 aliphatic carbocycles. The summed E-state index contributed by atoms with van der Waals surface area (Å²) in [6, 6.07) is 5.19. The molecule has 0 radical (unpaired) electrons. The fourth-order valence-corrected chi connectivity index (χ4v) is 2.51. The molecule has 0 saturated heterocycles. The monoisotopic (exact) mass is 362 g/mol. The van der Waals surface area contributed by atoms with Gasteiger partial charge in [0.1, 0.15) is 6.42 Å². The van der Waals surface area contributed by atoms with E-state index in [4.69, 9.17) is 4.74 Å². The Morgan fingerprint density at radius 3 is 2.47 bits per heavy atom. The van der Waals surface area contributed by atoms with Gasteiger partial charge in [0.25, 0.3) is 0 Å². The minimum Gasteiger partial charge on any atom is -0.463 e. The summed E-state index contributed by atoms with van der Waals surface area (Å²) in [7, 11) is 0. The molecule has 0 N–H and O–H groups in total. The molecule has 0 fully saturated rings. The van der Waals surface area contributed by atoms with Gasteiger partial charge < -0.3 is 4.74 Å². The molecule has 0 atom stereocenters. The molecular formula is C12H12Br2O3. The average Bonchev–Trinajstić information content (AvgIpc) is 2.15. The van der Waals surface area contributed by atoms with E-state index in [1.165, 1.54) is 0 Å². The van der Waals surface area contributed by atoms with Crippen LogP contribution in [0.3, 0.4) is 0 Å². The highest BCUT2D eigenvalue weighted by Crippen LogP contribution is 2.23. The number of ether oxygens (including phenoxy) is 1. The van der Waals surface area contributed by atoms with E-state index >= 15 is 0 Å². The van der Waals surface area contributed by atoms with Crippen LogP contribution in [0.4, 0.5) is 0 Å². The minimum atomic E-state index is -0.500. The molecule has 0 amide bonds. The Kier molecular flexibility index (Phi) is 5.33. The van der Waals surface area contributed by atoms with E-state index in [1.54, 1.807) is 32.0 Å². The molecule has 0 saturated carbocycles. The van der Waals surface area contributed by atoms with Gasteiger partial charge in [0.05, 0.1) is 6.10 Å². The van der Waals surface area contributed by atoms with Gasteiger partial charge in [-0.15, -0.1) is 0 Å². The second-order valence-electron chi connectivity index (χ2n) is 3.76. The summed E-state index contributed by atoms with van der Waals surface area (Å²) < 4.78 is 6.45. The Balaban J connectivity index is 2.73. The number of hydrogen-bond acceptors (Lipinski definition) is 3. The van der Waals surface area contributed by atoms with Crippen LogP contribution >= 0.6 is 31.9 Å². The number of benzene rings is 1. The molecule has 0 aliphatic heterocycles. The van der Waals surface area contributed by atoms with Crippen LogP contribution in [0.5, 0.6) is 0 Å². The van der Waals surface area contributed by atoms with Crippen molar-refractivity contribution in [2.45, 2.75) is 26.4 Å². The van der Waals surface area contributed by atoms with Gasteiger partial charge in [-0.05, 0) is 32.0 Å². The Morgan fingerprint density at radius 1 is 1.29 bits per heavy atom. The largest absolute Gasteiger partial charge is 0.463 e. The number of ketones is 1. The van der Waals surface area contributed by atoms with Crippen molar-refractivity contribution >= 4 is 43.6 Å². The van der Waals surface area contributed by atoms with Crippen molar-refractivity contribution in [3.8, 4) is 0 Å². The van der Waals surface area contributed by atoms with Gasteiger partial charge in [0.15, 0.2) is 5.78 Å². The lowest BCUT2D eigenvalue weighted by atomic mass is 10.1. The quantitative estimate of drug-likeness (QED) is 0.465. The molecule has 0 bridgehead atoms. The van der Waals surface area contributed by atoms with E-state index in [0.29, 0.717) is 10.0 Å². The third-order valence-corrected chi connectivity index (χ3v) is 3.05. The maximum atomic E-state index is 11.8. The first-order valence-electron chi connectivity index (χ1n) is 5.08. The molecular weight excluding hydrogens is 352 g/mol. The number of halogens is 2. The number of Topliss-reactive ketones (excluding diaryl/α,β-unsaturated/α-hetero) is 1. The molecule has 0 unspecified atom stereocenters.